The van der Waals surface area contributed by atoms with Gasteiger partial charge in [0.25, 0.3) is 5.91 Å². The molecule has 2 aromatic carbocycles. The third-order valence-corrected chi connectivity index (χ3v) is 5.61. The lowest BCUT2D eigenvalue weighted by Gasteiger charge is -2.20. The Morgan fingerprint density at radius 2 is 1.86 bits per heavy atom. The van der Waals surface area contributed by atoms with E-state index in [1.165, 1.54) is 22.3 Å². The van der Waals surface area contributed by atoms with E-state index in [1.54, 1.807) is 24.5 Å². The number of carbonyl (C=O) groups is 1. The maximum Gasteiger partial charge on any atom is 0.266 e. The summed E-state index contributed by atoms with van der Waals surface area (Å²) in [6.45, 7) is 2.16. The molecule has 0 spiro atoms. The minimum absolute atomic E-state index is 0.0981. The molecular weight excluding hydrogens is 392 g/mol. The van der Waals surface area contributed by atoms with E-state index in [0.29, 0.717) is 5.13 Å². The number of carbonyl (C=O) groups excluding carboxylic acids is 1. The highest BCUT2D eigenvalue weighted by atomic mass is 32.1. The van der Waals surface area contributed by atoms with Crippen LogP contribution >= 0.6 is 11.3 Å². The second-order valence-electron chi connectivity index (χ2n) is 6.50. The second-order valence-corrected chi connectivity index (χ2v) is 7.51. The molecule has 4 aromatic rings. The summed E-state index contributed by atoms with van der Waals surface area (Å²) in [5.74, 6) is -2.58. The van der Waals surface area contributed by atoms with Crippen molar-refractivity contribution < 1.29 is 13.6 Å². The van der Waals surface area contributed by atoms with Gasteiger partial charge < -0.3 is 0 Å². The number of pyridine rings is 1. The fourth-order valence-corrected chi connectivity index (χ4v) is 4.06. The first-order valence-electron chi connectivity index (χ1n) is 9.11. The molecule has 0 fully saturated rings. The van der Waals surface area contributed by atoms with E-state index < -0.39 is 23.1 Å². The highest BCUT2D eigenvalue weighted by Gasteiger charge is 2.27. The molecule has 0 radical (unpaired) electrons. The first-order chi connectivity index (χ1) is 14.1. The Kier molecular flexibility index (Phi) is 5.31. The number of hydrogen-bond acceptors (Lipinski definition) is 4. The fraction of sp³-hybridized carbons (Fsp3) is 0.136. The van der Waals surface area contributed by atoms with Crippen molar-refractivity contribution >= 4 is 32.6 Å². The van der Waals surface area contributed by atoms with Gasteiger partial charge in [0, 0.05) is 12.4 Å². The number of rotatable bonds is 5. The van der Waals surface area contributed by atoms with Crippen LogP contribution in [0.2, 0.25) is 0 Å². The van der Waals surface area contributed by atoms with E-state index in [1.807, 2.05) is 18.2 Å². The molecule has 7 heteroatoms. The van der Waals surface area contributed by atoms with Gasteiger partial charge in [-0.2, -0.15) is 0 Å². The van der Waals surface area contributed by atoms with Crippen molar-refractivity contribution in [3.8, 4) is 0 Å². The number of benzene rings is 2. The van der Waals surface area contributed by atoms with Gasteiger partial charge in [-0.05, 0) is 47.9 Å². The summed E-state index contributed by atoms with van der Waals surface area (Å²) >= 11 is 1.32. The minimum Gasteiger partial charge on any atom is -0.279 e. The summed E-state index contributed by atoms with van der Waals surface area (Å²) in [6, 6.07) is 12.8. The number of amides is 1. The van der Waals surface area contributed by atoms with Crippen LogP contribution in [0.15, 0.2) is 60.9 Å². The average Bonchev–Trinajstić information content (AvgIpc) is 3.15. The molecule has 0 atom stereocenters. The van der Waals surface area contributed by atoms with Gasteiger partial charge >= 0.3 is 0 Å². The lowest BCUT2D eigenvalue weighted by molar-refractivity contribution is 0.0977. The highest BCUT2D eigenvalue weighted by molar-refractivity contribution is 7.22. The quantitative estimate of drug-likeness (QED) is 0.445. The molecule has 2 aromatic heterocycles. The summed E-state index contributed by atoms with van der Waals surface area (Å²) in [4.78, 5) is 23.1. The lowest BCUT2D eigenvalue weighted by atomic mass is 10.1. The van der Waals surface area contributed by atoms with Gasteiger partial charge in [0.15, 0.2) is 5.13 Å². The Bertz CT molecular complexity index is 1160. The van der Waals surface area contributed by atoms with Crippen molar-refractivity contribution in [2.75, 3.05) is 4.90 Å². The smallest absolute Gasteiger partial charge is 0.266 e. The topological polar surface area (TPSA) is 46.1 Å². The van der Waals surface area contributed by atoms with Crippen molar-refractivity contribution in [1.82, 2.24) is 9.97 Å². The SMILES string of the molecule is CCc1ccc2nc(N(Cc3cccnc3)C(=O)c3c(F)cccc3F)sc2c1. The van der Waals surface area contributed by atoms with Crippen LogP contribution < -0.4 is 4.90 Å². The largest absolute Gasteiger partial charge is 0.279 e. The molecule has 0 N–H and O–H groups in total. The number of thiazole rings is 1. The first-order valence-corrected chi connectivity index (χ1v) is 9.92. The lowest BCUT2D eigenvalue weighted by Crippen LogP contribution is -2.32. The number of nitrogens with zero attached hydrogens (tertiary/aromatic N) is 3. The Balaban J connectivity index is 1.81. The van der Waals surface area contributed by atoms with Gasteiger partial charge in [0.05, 0.1) is 16.8 Å². The van der Waals surface area contributed by atoms with Crippen LogP contribution in [0.1, 0.15) is 28.4 Å². The van der Waals surface area contributed by atoms with Crippen molar-refractivity contribution in [3.05, 3.63) is 89.2 Å². The standard InChI is InChI=1S/C22H17F2N3OS/c1-2-14-8-9-18-19(11-14)29-22(26-18)27(13-15-5-4-10-25-12-15)21(28)20-16(23)6-3-7-17(20)24/h3-12H,2,13H2,1H3. The van der Waals surface area contributed by atoms with E-state index in [9.17, 15) is 13.6 Å². The van der Waals surface area contributed by atoms with Gasteiger partial charge in [-0.15, -0.1) is 0 Å². The molecule has 0 bridgehead atoms. The van der Waals surface area contributed by atoms with E-state index in [-0.39, 0.29) is 6.54 Å². The van der Waals surface area contributed by atoms with E-state index in [0.717, 1.165) is 39.9 Å². The van der Waals surface area contributed by atoms with Crippen LogP contribution in [0, 0.1) is 11.6 Å². The predicted octanol–water partition coefficient (Wildman–Crippen LogP) is 5.38. The molecule has 2 heterocycles. The first kappa shape index (κ1) is 19.1. The zero-order valence-corrected chi connectivity index (χ0v) is 16.4. The van der Waals surface area contributed by atoms with Crippen LogP contribution in [0.5, 0.6) is 0 Å². The number of anilines is 1. The summed E-state index contributed by atoms with van der Waals surface area (Å²) in [5, 5.41) is 0.379. The van der Waals surface area contributed by atoms with Crippen molar-refractivity contribution in [3.63, 3.8) is 0 Å². The molecule has 0 aliphatic carbocycles. The molecule has 29 heavy (non-hydrogen) atoms. The zero-order valence-electron chi connectivity index (χ0n) is 15.6. The van der Waals surface area contributed by atoms with E-state index >= 15 is 0 Å². The molecule has 4 nitrogen and oxygen atoms in total. The Morgan fingerprint density at radius 3 is 2.55 bits per heavy atom. The van der Waals surface area contributed by atoms with Crippen molar-refractivity contribution in [2.45, 2.75) is 19.9 Å². The summed E-state index contributed by atoms with van der Waals surface area (Å²) in [6.07, 6.45) is 4.11. The van der Waals surface area contributed by atoms with E-state index in [2.05, 4.69) is 16.9 Å². The number of aryl methyl sites for hydroxylation is 1. The van der Waals surface area contributed by atoms with Gasteiger partial charge in [0.2, 0.25) is 0 Å². The maximum atomic E-state index is 14.3. The Morgan fingerprint density at radius 1 is 1.07 bits per heavy atom. The maximum absolute atomic E-state index is 14.3. The van der Waals surface area contributed by atoms with Crippen LogP contribution in [-0.4, -0.2) is 15.9 Å². The van der Waals surface area contributed by atoms with Gasteiger partial charge in [0.1, 0.15) is 17.2 Å². The van der Waals surface area contributed by atoms with E-state index in [4.69, 9.17) is 0 Å². The number of halogens is 2. The van der Waals surface area contributed by atoms with Crippen LogP contribution in [0.4, 0.5) is 13.9 Å². The van der Waals surface area contributed by atoms with Gasteiger partial charge in [-0.3, -0.25) is 14.7 Å². The highest BCUT2D eigenvalue weighted by Crippen LogP contribution is 2.32. The number of hydrogen-bond donors (Lipinski definition) is 0. The Labute approximate surface area is 170 Å². The summed E-state index contributed by atoms with van der Waals surface area (Å²) in [5.41, 5.74) is 2.02. The number of fused-ring (bicyclic) bond motifs is 1. The van der Waals surface area contributed by atoms with Gasteiger partial charge in [-0.25, -0.2) is 13.8 Å². The predicted molar refractivity (Wildman–Crippen MR) is 110 cm³/mol. The normalized spacial score (nSPS) is 11.0. The summed E-state index contributed by atoms with van der Waals surface area (Å²) < 4.78 is 29.5. The minimum atomic E-state index is -0.902. The average molecular weight is 409 g/mol. The molecule has 0 aliphatic rings. The van der Waals surface area contributed by atoms with Crippen molar-refractivity contribution in [2.24, 2.45) is 0 Å². The van der Waals surface area contributed by atoms with Crippen molar-refractivity contribution in [1.29, 1.82) is 0 Å². The Hall–Kier alpha value is -3.19. The molecule has 4 rings (SSSR count). The van der Waals surface area contributed by atoms with Crippen LogP contribution in [0.25, 0.3) is 10.2 Å². The molecule has 0 aliphatic heterocycles. The zero-order chi connectivity index (χ0) is 20.4. The molecule has 0 unspecified atom stereocenters. The molecular formula is C22H17F2N3OS. The van der Waals surface area contributed by atoms with Crippen LogP contribution in [-0.2, 0) is 13.0 Å². The second kappa shape index (κ2) is 8.05. The molecule has 0 saturated carbocycles. The summed E-state index contributed by atoms with van der Waals surface area (Å²) in [7, 11) is 0. The molecule has 1 amide bonds. The third-order valence-electron chi connectivity index (χ3n) is 4.57. The van der Waals surface area contributed by atoms with Crippen LogP contribution in [0.3, 0.4) is 0 Å². The third kappa shape index (κ3) is 3.86. The van der Waals surface area contributed by atoms with Gasteiger partial charge in [-0.1, -0.05) is 36.5 Å². The molecule has 0 saturated heterocycles. The fourth-order valence-electron chi connectivity index (χ4n) is 3.03. The number of aromatic nitrogens is 2. The monoisotopic (exact) mass is 409 g/mol. The molecule has 146 valence electrons.